The van der Waals surface area contributed by atoms with Crippen LogP contribution in [0.5, 0.6) is 0 Å². The average Bonchev–Trinajstić information content (AvgIpc) is 2.81. The van der Waals surface area contributed by atoms with E-state index in [4.69, 9.17) is 16.6 Å². The van der Waals surface area contributed by atoms with Crippen molar-refractivity contribution in [3.63, 3.8) is 0 Å². The zero-order chi connectivity index (χ0) is 14.4. The van der Waals surface area contributed by atoms with Crippen LogP contribution in [-0.2, 0) is 19.4 Å². The number of hydrogen-bond acceptors (Lipinski definition) is 3. The molecule has 2 rings (SSSR count). The average molecular weight is 309 g/mol. The molecule has 1 heterocycles. The SMILES string of the molecule is CCCc1nc(Cc2ccc(Cl)cc2)sc1CNCC. The number of hydrogen-bond donors (Lipinski definition) is 1. The van der Waals surface area contributed by atoms with Crippen molar-refractivity contribution in [1.82, 2.24) is 10.3 Å². The molecule has 2 aromatic rings. The number of aromatic nitrogens is 1. The Morgan fingerprint density at radius 3 is 2.60 bits per heavy atom. The molecule has 0 saturated heterocycles. The summed E-state index contributed by atoms with van der Waals surface area (Å²) in [5, 5.41) is 5.38. The van der Waals surface area contributed by atoms with Crippen LogP contribution in [0.15, 0.2) is 24.3 Å². The number of thiazole rings is 1. The summed E-state index contributed by atoms with van der Waals surface area (Å²) in [6.07, 6.45) is 3.10. The van der Waals surface area contributed by atoms with Gasteiger partial charge in [0.1, 0.15) is 0 Å². The predicted octanol–water partition coefficient (Wildman–Crippen LogP) is 4.45. The van der Waals surface area contributed by atoms with Crippen molar-refractivity contribution in [2.45, 2.75) is 39.7 Å². The van der Waals surface area contributed by atoms with Gasteiger partial charge in [-0.25, -0.2) is 4.98 Å². The molecule has 1 aromatic heterocycles. The lowest BCUT2D eigenvalue weighted by atomic mass is 10.1. The summed E-state index contributed by atoms with van der Waals surface area (Å²) in [6.45, 7) is 6.27. The molecule has 0 saturated carbocycles. The van der Waals surface area contributed by atoms with Gasteiger partial charge >= 0.3 is 0 Å². The summed E-state index contributed by atoms with van der Waals surface area (Å²) in [6, 6.07) is 8.04. The molecule has 0 amide bonds. The van der Waals surface area contributed by atoms with Crippen molar-refractivity contribution in [2.24, 2.45) is 0 Å². The molecule has 0 aliphatic carbocycles. The van der Waals surface area contributed by atoms with E-state index in [-0.39, 0.29) is 0 Å². The zero-order valence-corrected chi connectivity index (χ0v) is 13.7. The molecule has 0 radical (unpaired) electrons. The van der Waals surface area contributed by atoms with Gasteiger partial charge in [0, 0.05) is 22.9 Å². The number of nitrogens with one attached hydrogen (secondary N) is 1. The van der Waals surface area contributed by atoms with Crippen LogP contribution in [0, 0.1) is 0 Å². The highest BCUT2D eigenvalue weighted by molar-refractivity contribution is 7.11. The van der Waals surface area contributed by atoms with E-state index in [2.05, 4.69) is 31.3 Å². The number of rotatable bonds is 7. The van der Waals surface area contributed by atoms with Gasteiger partial charge in [-0.1, -0.05) is 44.0 Å². The molecule has 0 spiro atoms. The maximum atomic E-state index is 5.92. The fraction of sp³-hybridized carbons (Fsp3) is 0.438. The molecule has 0 fully saturated rings. The molecule has 0 bridgehead atoms. The van der Waals surface area contributed by atoms with Gasteiger partial charge in [-0.05, 0) is 30.7 Å². The van der Waals surface area contributed by atoms with Crippen LogP contribution in [0.4, 0.5) is 0 Å². The van der Waals surface area contributed by atoms with Crippen molar-refractivity contribution < 1.29 is 0 Å². The molecule has 1 aromatic carbocycles. The van der Waals surface area contributed by atoms with Gasteiger partial charge < -0.3 is 5.32 Å². The van der Waals surface area contributed by atoms with Gasteiger partial charge in [0.05, 0.1) is 10.7 Å². The molecule has 0 aliphatic heterocycles. The predicted molar refractivity (Wildman–Crippen MR) is 87.7 cm³/mol. The second kappa shape index (κ2) is 7.77. The van der Waals surface area contributed by atoms with Crippen LogP contribution in [0.1, 0.15) is 41.4 Å². The zero-order valence-electron chi connectivity index (χ0n) is 12.1. The molecule has 0 atom stereocenters. The van der Waals surface area contributed by atoms with Crippen LogP contribution < -0.4 is 5.32 Å². The van der Waals surface area contributed by atoms with Gasteiger partial charge in [-0.15, -0.1) is 11.3 Å². The van der Waals surface area contributed by atoms with Gasteiger partial charge in [-0.2, -0.15) is 0 Å². The summed E-state index contributed by atoms with van der Waals surface area (Å²) in [7, 11) is 0. The third-order valence-corrected chi connectivity index (χ3v) is 4.46. The molecule has 2 nitrogen and oxygen atoms in total. The van der Waals surface area contributed by atoms with Gasteiger partial charge in [0.2, 0.25) is 0 Å². The number of nitrogens with zero attached hydrogens (tertiary/aromatic N) is 1. The highest BCUT2D eigenvalue weighted by Crippen LogP contribution is 2.23. The van der Waals surface area contributed by atoms with Crippen LogP contribution in [0.25, 0.3) is 0 Å². The monoisotopic (exact) mass is 308 g/mol. The largest absolute Gasteiger partial charge is 0.312 e. The van der Waals surface area contributed by atoms with E-state index in [1.807, 2.05) is 23.5 Å². The fourth-order valence-corrected chi connectivity index (χ4v) is 3.34. The fourth-order valence-electron chi connectivity index (χ4n) is 2.10. The quantitative estimate of drug-likeness (QED) is 0.817. The van der Waals surface area contributed by atoms with Gasteiger partial charge in [0.25, 0.3) is 0 Å². The summed E-state index contributed by atoms with van der Waals surface area (Å²) in [5.41, 5.74) is 2.53. The van der Waals surface area contributed by atoms with Crippen LogP contribution in [-0.4, -0.2) is 11.5 Å². The highest BCUT2D eigenvalue weighted by atomic mass is 35.5. The first kappa shape index (κ1) is 15.5. The van der Waals surface area contributed by atoms with E-state index in [1.165, 1.54) is 21.1 Å². The number of aryl methyl sites for hydroxylation is 1. The minimum atomic E-state index is 0.785. The molecular formula is C16H21ClN2S. The lowest BCUT2D eigenvalue weighted by molar-refractivity contribution is 0.723. The summed E-state index contributed by atoms with van der Waals surface area (Å²) in [4.78, 5) is 6.20. The third kappa shape index (κ3) is 4.30. The van der Waals surface area contributed by atoms with E-state index >= 15 is 0 Å². The Balaban J connectivity index is 2.12. The molecule has 4 heteroatoms. The lowest BCUT2D eigenvalue weighted by Gasteiger charge is -2.00. The molecule has 0 aliphatic rings. The Morgan fingerprint density at radius 1 is 1.20 bits per heavy atom. The van der Waals surface area contributed by atoms with Crippen molar-refractivity contribution >= 4 is 22.9 Å². The Morgan fingerprint density at radius 2 is 1.95 bits per heavy atom. The Kier molecular flexibility index (Phi) is 6.02. The Bertz CT molecular complexity index is 534. The van der Waals surface area contributed by atoms with Crippen molar-refractivity contribution in [3.05, 3.63) is 50.4 Å². The van der Waals surface area contributed by atoms with Crippen molar-refractivity contribution in [1.29, 1.82) is 0 Å². The standard InChI is InChI=1S/C16H21ClN2S/c1-3-5-14-15(11-18-4-2)20-16(19-14)10-12-6-8-13(17)9-7-12/h6-9,18H,3-5,10-11H2,1-2H3. The molecule has 0 unspecified atom stereocenters. The van der Waals surface area contributed by atoms with E-state index in [1.54, 1.807) is 0 Å². The maximum absolute atomic E-state index is 5.92. The van der Waals surface area contributed by atoms with Crippen molar-refractivity contribution in [2.75, 3.05) is 6.54 Å². The first-order chi connectivity index (χ1) is 9.72. The summed E-state index contributed by atoms with van der Waals surface area (Å²) >= 11 is 7.75. The smallest absolute Gasteiger partial charge is 0.0975 e. The Labute approximate surface area is 130 Å². The van der Waals surface area contributed by atoms with Crippen LogP contribution in [0.3, 0.4) is 0 Å². The van der Waals surface area contributed by atoms with Gasteiger partial charge in [0.15, 0.2) is 0 Å². The van der Waals surface area contributed by atoms with Gasteiger partial charge in [-0.3, -0.25) is 0 Å². The minimum Gasteiger partial charge on any atom is -0.312 e. The summed E-state index contributed by atoms with van der Waals surface area (Å²) in [5.74, 6) is 0. The molecule has 1 N–H and O–H groups in total. The molecule has 20 heavy (non-hydrogen) atoms. The first-order valence-corrected chi connectivity index (χ1v) is 8.35. The van der Waals surface area contributed by atoms with E-state index in [9.17, 15) is 0 Å². The minimum absolute atomic E-state index is 0.785. The maximum Gasteiger partial charge on any atom is 0.0975 e. The second-order valence-electron chi connectivity index (χ2n) is 4.81. The van der Waals surface area contributed by atoms with Crippen LogP contribution >= 0.6 is 22.9 Å². The highest BCUT2D eigenvalue weighted by Gasteiger charge is 2.10. The number of halogens is 1. The second-order valence-corrected chi connectivity index (χ2v) is 6.42. The van der Waals surface area contributed by atoms with Crippen LogP contribution in [0.2, 0.25) is 5.02 Å². The number of benzene rings is 1. The third-order valence-electron chi connectivity index (χ3n) is 3.11. The first-order valence-electron chi connectivity index (χ1n) is 7.15. The molecule has 108 valence electrons. The van der Waals surface area contributed by atoms with E-state index < -0.39 is 0 Å². The van der Waals surface area contributed by atoms with E-state index in [0.29, 0.717) is 0 Å². The van der Waals surface area contributed by atoms with E-state index in [0.717, 1.165) is 37.4 Å². The summed E-state index contributed by atoms with van der Waals surface area (Å²) < 4.78 is 0. The van der Waals surface area contributed by atoms with Crippen molar-refractivity contribution in [3.8, 4) is 0 Å². The lowest BCUT2D eigenvalue weighted by Crippen LogP contribution is -2.11. The molecular weight excluding hydrogens is 288 g/mol. The normalized spacial score (nSPS) is 10.9. The Hall–Kier alpha value is -0.900. The topological polar surface area (TPSA) is 24.9 Å².